The molecule has 1 aliphatic carbocycles. The van der Waals surface area contributed by atoms with Crippen LogP contribution in [0.25, 0.3) is 0 Å². The zero-order valence-corrected chi connectivity index (χ0v) is 13.9. The third-order valence-electron chi connectivity index (χ3n) is 4.39. The summed E-state index contributed by atoms with van der Waals surface area (Å²) in [7, 11) is 0. The van der Waals surface area contributed by atoms with E-state index in [1.165, 1.54) is 5.56 Å². The second-order valence-corrected chi connectivity index (χ2v) is 6.86. The van der Waals surface area contributed by atoms with E-state index in [9.17, 15) is 0 Å². The standard InChI is InChI=1S/C16H21Cl2N3O/c17-14-4-3-10(8-15(14)18)11-6-12(7-11)21-16(19)20-9-13-2-1-5-22-13/h3-4,8,11-13H,1-2,5-7,9H2,(H3,19,20,21). The summed E-state index contributed by atoms with van der Waals surface area (Å²) in [5.74, 6) is 1.03. The summed E-state index contributed by atoms with van der Waals surface area (Å²) in [4.78, 5) is 4.37. The molecule has 0 aromatic heterocycles. The summed E-state index contributed by atoms with van der Waals surface area (Å²) in [6, 6.07) is 6.24. The van der Waals surface area contributed by atoms with Gasteiger partial charge in [0, 0.05) is 12.6 Å². The molecule has 1 aromatic rings. The highest BCUT2D eigenvalue weighted by Gasteiger charge is 2.30. The van der Waals surface area contributed by atoms with Crippen molar-refractivity contribution in [2.24, 2.45) is 10.7 Å². The first-order valence-electron chi connectivity index (χ1n) is 7.75. The van der Waals surface area contributed by atoms with E-state index >= 15 is 0 Å². The van der Waals surface area contributed by atoms with Gasteiger partial charge < -0.3 is 15.8 Å². The first-order valence-corrected chi connectivity index (χ1v) is 8.50. The van der Waals surface area contributed by atoms with Crippen molar-refractivity contribution in [1.82, 2.24) is 5.32 Å². The zero-order valence-electron chi connectivity index (χ0n) is 12.4. The Labute approximate surface area is 141 Å². The van der Waals surface area contributed by atoms with E-state index in [0.29, 0.717) is 34.5 Å². The number of nitrogens with zero attached hydrogens (tertiary/aromatic N) is 1. The average molecular weight is 342 g/mol. The molecule has 120 valence electrons. The van der Waals surface area contributed by atoms with Gasteiger partial charge in [0.1, 0.15) is 0 Å². The third kappa shape index (κ3) is 3.86. The molecule has 1 saturated heterocycles. The van der Waals surface area contributed by atoms with Crippen LogP contribution in [0.15, 0.2) is 23.2 Å². The number of nitrogens with one attached hydrogen (secondary N) is 1. The molecule has 2 fully saturated rings. The number of hydrogen-bond acceptors (Lipinski definition) is 2. The van der Waals surface area contributed by atoms with Gasteiger partial charge in [-0.1, -0.05) is 29.3 Å². The van der Waals surface area contributed by atoms with Crippen LogP contribution in [-0.2, 0) is 4.74 Å². The SMILES string of the molecule is NC(=NCC1CCCO1)NC1CC(c2ccc(Cl)c(Cl)c2)C1. The Morgan fingerprint density at radius 1 is 1.32 bits per heavy atom. The molecule has 22 heavy (non-hydrogen) atoms. The molecule has 1 aromatic carbocycles. The van der Waals surface area contributed by atoms with Crippen molar-refractivity contribution in [1.29, 1.82) is 0 Å². The van der Waals surface area contributed by atoms with Crippen molar-refractivity contribution in [3.05, 3.63) is 33.8 Å². The first kappa shape index (κ1) is 15.9. The Kier molecular flexibility index (Phi) is 5.11. The van der Waals surface area contributed by atoms with Gasteiger partial charge in [0.25, 0.3) is 0 Å². The van der Waals surface area contributed by atoms with E-state index in [1.807, 2.05) is 18.2 Å². The van der Waals surface area contributed by atoms with Gasteiger partial charge in [0.15, 0.2) is 5.96 Å². The molecule has 0 amide bonds. The molecule has 0 radical (unpaired) electrons. The molecule has 4 nitrogen and oxygen atoms in total. The number of aliphatic imine (C=N–C) groups is 1. The number of benzene rings is 1. The minimum Gasteiger partial charge on any atom is -0.376 e. The van der Waals surface area contributed by atoms with E-state index in [2.05, 4.69) is 10.3 Å². The molecule has 0 bridgehead atoms. The third-order valence-corrected chi connectivity index (χ3v) is 5.13. The average Bonchev–Trinajstić information content (AvgIpc) is 2.97. The highest BCUT2D eigenvalue weighted by molar-refractivity contribution is 6.42. The normalized spacial score (nSPS) is 28.5. The van der Waals surface area contributed by atoms with Gasteiger partial charge in [-0.25, -0.2) is 0 Å². The van der Waals surface area contributed by atoms with Gasteiger partial charge in [-0.3, -0.25) is 4.99 Å². The Morgan fingerprint density at radius 2 is 2.14 bits per heavy atom. The van der Waals surface area contributed by atoms with Crippen molar-refractivity contribution < 1.29 is 4.74 Å². The van der Waals surface area contributed by atoms with Crippen LogP contribution in [-0.4, -0.2) is 31.3 Å². The minimum absolute atomic E-state index is 0.241. The second kappa shape index (κ2) is 7.07. The highest BCUT2D eigenvalue weighted by Crippen LogP contribution is 2.38. The number of guanidine groups is 1. The predicted molar refractivity (Wildman–Crippen MR) is 90.8 cm³/mol. The summed E-state index contributed by atoms with van der Waals surface area (Å²) in [6.45, 7) is 1.50. The minimum atomic E-state index is 0.241. The van der Waals surface area contributed by atoms with Gasteiger partial charge in [0.2, 0.25) is 0 Å². The van der Waals surface area contributed by atoms with Crippen molar-refractivity contribution in [2.45, 2.75) is 43.7 Å². The van der Waals surface area contributed by atoms with E-state index < -0.39 is 0 Å². The van der Waals surface area contributed by atoms with Crippen molar-refractivity contribution in [3.8, 4) is 0 Å². The maximum absolute atomic E-state index is 6.06. The second-order valence-electron chi connectivity index (χ2n) is 6.04. The molecule has 1 atom stereocenters. The lowest BCUT2D eigenvalue weighted by molar-refractivity contribution is 0.117. The lowest BCUT2D eigenvalue weighted by Gasteiger charge is -2.36. The quantitative estimate of drug-likeness (QED) is 0.652. The van der Waals surface area contributed by atoms with Crippen molar-refractivity contribution in [3.63, 3.8) is 0 Å². The molecule has 1 heterocycles. The molecular weight excluding hydrogens is 321 g/mol. The summed E-state index contributed by atoms with van der Waals surface area (Å²) in [6.07, 6.45) is 4.52. The Morgan fingerprint density at radius 3 is 2.82 bits per heavy atom. The smallest absolute Gasteiger partial charge is 0.188 e. The van der Waals surface area contributed by atoms with Crippen LogP contribution >= 0.6 is 23.2 Å². The van der Waals surface area contributed by atoms with Crippen LogP contribution in [0.2, 0.25) is 10.0 Å². The van der Waals surface area contributed by atoms with E-state index in [-0.39, 0.29) is 6.10 Å². The predicted octanol–water partition coefficient (Wildman–Crippen LogP) is 3.32. The van der Waals surface area contributed by atoms with E-state index in [0.717, 1.165) is 32.3 Å². The number of nitrogens with two attached hydrogens (primary N) is 1. The van der Waals surface area contributed by atoms with E-state index in [4.69, 9.17) is 33.7 Å². The molecular formula is C16H21Cl2N3O. The van der Waals surface area contributed by atoms with Crippen LogP contribution in [0.1, 0.15) is 37.2 Å². The van der Waals surface area contributed by atoms with Gasteiger partial charge in [-0.05, 0) is 49.3 Å². The topological polar surface area (TPSA) is 59.6 Å². The number of halogens is 2. The maximum atomic E-state index is 6.06. The van der Waals surface area contributed by atoms with Crippen molar-refractivity contribution >= 4 is 29.2 Å². The molecule has 6 heteroatoms. The number of hydrogen-bond donors (Lipinski definition) is 2. The van der Waals surface area contributed by atoms with Crippen LogP contribution in [0.4, 0.5) is 0 Å². The summed E-state index contributed by atoms with van der Waals surface area (Å²) < 4.78 is 5.53. The Hall–Kier alpha value is -0.970. The van der Waals surface area contributed by atoms with Crippen LogP contribution in [0.5, 0.6) is 0 Å². The van der Waals surface area contributed by atoms with Crippen LogP contribution in [0.3, 0.4) is 0 Å². The molecule has 1 aliphatic heterocycles. The number of ether oxygens (including phenoxy) is 1. The fourth-order valence-corrected chi connectivity index (χ4v) is 3.32. The highest BCUT2D eigenvalue weighted by atomic mass is 35.5. The molecule has 1 unspecified atom stereocenters. The molecule has 1 saturated carbocycles. The summed E-state index contributed by atoms with van der Waals surface area (Å²) in [5, 5.41) is 4.50. The number of rotatable bonds is 4. The fourth-order valence-electron chi connectivity index (χ4n) is 3.02. The summed E-state index contributed by atoms with van der Waals surface area (Å²) in [5.41, 5.74) is 7.17. The maximum Gasteiger partial charge on any atom is 0.188 e. The van der Waals surface area contributed by atoms with Gasteiger partial charge >= 0.3 is 0 Å². The first-order chi connectivity index (χ1) is 10.6. The van der Waals surface area contributed by atoms with Crippen LogP contribution in [0, 0.1) is 0 Å². The van der Waals surface area contributed by atoms with Gasteiger partial charge in [-0.2, -0.15) is 0 Å². The summed E-state index contributed by atoms with van der Waals surface area (Å²) >= 11 is 12.0. The van der Waals surface area contributed by atoms with Crippen LogP contribution < -0.4 is 11.1 Å². The Balaban J connectivity index is 1.44. The Bertz CT molecular complexity index is 552. The largest absolute Gasteiger partial charge is 0.376 e. The lowest BCUT2D eigenvalue weighted by Crippen LogP contribution is -2.46. The van der Waals surface area contributed by atoms with Gasteiger partial charge in [-0.15, -0.1) is 0 Å². The molecule has 3 rings (SSSR count). The fraction of sp³-hybridized carbons (Fsp3) is 0.562. The molecule has 0 spiro atoms. The zero-order chi connectivity index (χ0) is 15.5. The van der Waals surface area contributed by atoms with E-state index in [1.54, 1.807) is 0 Å². The molecule has 2 aliphatic rings. The molecule has 3 N–H and O–H groups in total. The van der Waals surface area contributed by atoms with Gasteiger partial charge in [0.05, 0.1) is 22.7 Å². The lowest BCUT2D eigenvalue weighted by atomic mass is 9.76. The monoisotopic (exact) mass is 341 g/mol. The van der Waals surface area contributed by atoms with Crippen molar-refractivity contribution in [2.75, 3.05) is 13.2 Å².